The van der Waals surface area contributed by atoms with Gasteiger partial charge in [-0.1, -0.05) is 20.8 Å². The van der Waals surface area contributed by atoms with Crippen LogP contribution in [-0.2, 0) is 6.42 Å². The monoisotopic (exact) mass is 279 g/mol. The molecule has 1 aromatic rings. The Balaban J connectivity index is 1.96. The third-order valence-corrected chi connectivity index (χ3v) is 3.99. The van der Waals surface area contributed by atoms with Crippen LogP contribution in [0.15, 0.2) is 0 Å². The first-order chi connectivity index (χ1) is 9.69. The van der Waals surface area contributed by atoms with Gasteiger partial charge < -0.3 is 4.90 Å². The minimum atomic E-state index is -0.0433. The Bertz CT molecular complexity index is 441. The Morgan fingerprint density at radius 3 is 2.80 bits per heavy atom. The summed E-state index contributed by atoms with van der Waals surface area (Å²) in [6.07, 6.45) is 2.87. The van der Waals surface area contributed by atoms with Gasteiger partial charge in [0.2, 0.25) is 5.82 Å². The topological polar surface area (TPSA) is 65.1 Å². The van der Waals surface area contributed by atoms with Gasteiger partial charge in [0.15, 0.2) is 0 Å². The van der Waals surface area contributed by atoms with Gasteiger partial charge in [-0.15, -0.1) is 5.10 Å². The molecule has 0 bridgehead atoms. The van der Waals surface area contributed by atoms with Crippen molar-refractivity contribution in [1.29, 1.82) is 0 Å². The summed E-state index contributed by atoms with van der Waals surface area (Å²) in [5.41, 5.74) is 0. The van der Waals surface area contributed by atoms with Crippen molar-refractivity contribution in [3.63, 3.8) is 0 Å². The first-order valence-corrected chi connectivity index (χ1v) is 7.64. The number of hydrogen-bond donors (Lipinski definition) is 1. The number of aromatic amines is 1. The highest BCUT2D eigenvalue weighted by molar-refractivity contribution is 5.90. The zero-order valence-corrected chi connectivity index (χ0v) is 12.7. The van der Waals surface area contributed by atoms with Gasteiger partial charge in [0.1, 0.15) is 5.82 Å². The van der Waals surface area contributed by atoms with Crippen LogP contribution in [0.4, 0.5) is 0 Å². The molecule has 1 fully saturated rings. The van der Waals surface area contributed by atoms with Crippen molar-refractivity contribution in [2.45, 2.75) is 46.1 Å². The highest BCUT2D eigenvalue weighted by atomic mass is 16.2. The summed E-state index contributed by atoms with van der Waals surface area (Å²) in [5.74, 6) is 1.07. The Morgan fingerprint density at radius 2 is 2.15 bits per heavy atom. The van der Waals surface area contributed by atoms with Crippen LogP contribution in [0.1, 0.15) is 50.1 Å². The Hall–Kier alpha value is -1.43. The average Bonchev–Trinajstić information content (AvgIpc) is 3.09. The second-order valence-corrected chi connectivity index (χ2v) is 5.27. The lowest BCUT2D eigenvalue weighted by Crippen LogP contribution is -2.38. The quantitative estimate of drug-likeness (QED) is 0.853. The number of aromatic nitrogens is 3. The van der Waals surface area contributed by atoms with Gasteiger partial charge in [0.25, 0.3) is 5.91 Å². The van der Waals surface area contributed by atoms with Gasteiger partial charge in [-0.25, -0.2) is 4.98 Å². The van der Waals surface area contributed by atoms with Crippen molar-refractivity contribution in [2.24, 2.45) is 0 Å². The van der Waals surface area contributed by atoms with E-state index in [1.54, 1.807) is 0 Å². The molecule has 1 atom stereocenters. The SMILES string of the molecule is CCCc1nc(C(=O)N2CCC(N(CC)CC)C2)n[nH]1. The lowest BCUT2D eigenvalue weighted by atomic mass is 10.2. The Kier molecular flexibility index (Phi) is 5.11. The number of H-pyrrole nitrogens is 1. The molecule has 1 aromatic heterocycles. The highest BCUT2D eigenvalue weighted by Gasteiger charge is 2.31. The number of carbonyl (C=O) groups is 1. The summed E-state index contributed by atoms with van der Waals surface area (Å²) in [6, 6.07) is 0.475. The second kappa shape index (κ2) is 6.83. The molecule has 0 radical (unpaired) electrons. The molecule has 6 heteroatoms. The van der Waals surface area contributed by atoms with Crippen LogP contribution in [0, 0.1) is 0 Å². The summed E-state index contributed by atoms with van der Waals surface area (Å²) in [7, 11) is 0. The predicted octanol–water partition coefficient (Wildman–Crippen LogP) is 1.31. The molecule has 0 spiro atoms. The molecular formula is C14H25N5O. The predicted molar refractivity (Wildman–Crippen MR) is 77.6 cm³/mol. The van der Waals surface area contributed by atoms with Gasteiger partial charge in [0, 0.05) is 25.6 Å². The van der Waals surface area contributed by atoms with Crippen LogP contribution in [0.2, 0.25) is 0 Å². The third-order valence-electron chi connectivity index (χ3n) is 3.99. The van der Waals surface area contributed by atoms with E-state index in [-0.39, 0.29) is 5.91 Å². The van der Waals surface area contributed by atoms with Crippen molar-refractivity contribution in [3.05, 3.63) is 11.6 Å². The lowest BCUT2D eigenvalue weighted by Gasteiger charge is -2.25. The van der Waals surface area contributed by atoms with Crippen LogP contribution in [0.3, 0.4) is 0 Å². The molecule has 1 unspecified atom stereocenters. The molecule has 2 heterocycles. The number of likely N-dealkylation sites (tertiary alicyclic amines) is 1. The molecule has 1 aliphatic rings. The smallest absolute Gasteiger partial charge is 0.293 e. The zero-order valence-electron chi connectivity index (χ0n) is 12.7. The van der Waals surface area contributed by atoms with Crippen molar-refractivity contribution in [3.8, 4) is 0 Å². The molecule has 2 rings (SSSR count). The number of amides is 1. The molecule has 0 aromatic carbocycles. The molecule has 6 nitrogen and oxygen atoms in total. The van der Waals surface area contributed by atoms with Gasteiger partial charge >= 0.3 is 0 Å². The van der Waals surface area contributed by atoms with Gasteiger partial charge in [-0.2, -0.15) is 0 Å². The Labute approximate surface area is 120 Å². The average molecular weight is 279 g/mol. The molecule has 1 amide bonds. The fourth-order valence-corrected chi connectivity index (χ4v) is 2.85. The maximum Gasteiger partial charge on any atom is 0.293 e. The zero-order chi connectivity index (χ0) is 14.5. The number of rotatable bonds is 6. The molecule has 0 saturated carbocycles. The Morgan fingerprint density at radius 1 is 1.40 bits per heavy atom. The minimum Gasteiger partial charge on any atom is -0.334 e. The third kappa shape index (κ3) is 3.17. The maximum absolute atomic E-state index is 12.4. The first kappa shape index (κ1) is 15.0. The van der Waals surface area contributed by atoms with Crippen LogP contribution < -0.4 is 0 Å². The van der Waals surface area contributed by atoms with Crippen molar-refractivity contribution < 1.29 is 4.79 Å². The second-order valence-electron chi connectivity index (χ2n) is 5.27. The molecule has 1 N–H and O–H groups in total. The van der Waals surface area contributed by atoms with Crippen LogP contribution in [-0.4, -0.2) is 63.1 Å². The highest BCUT2D eigenvalue weighted by Crippen LogP contribution is 2.17. The number of hydrogen-bond acceptors (Lipinski definition) is 4. The first-order valence-electron chi connectivity index (χ1n) is 7.64. The fraction of sp³-hybridized carbons (Fsp3) is 0.786. The number of nitrogens with zero attached hydrogens (tertiary/aromatic N) is 4. The van der Waals surface area contributed by atoms with Crippen LogP contribution in [0.25, 0.3) is 0 Å². The maximum atomic E-state index is 12.4. The van der Waals surface area contributed by atoms with Gasteiger partial charge in [-0.05, 0) is 25.9 Å². The van der Waals surface area contributed by atoms with E-state index in [4.69, 9.17) is 0 Å². The number of nitrogens with one attached hydrogen (secondary N) is 1. The van der Waals surface area contributed by atoms with E-state index in [1.165, 1.54) is 0 Å². The molecule has 1 aliphatic heterocycles. The number of carbonyl (C=O) groups excluding carboxylic acids is 1. The van der Waals surface area contributed by atoms with E-state index in [9.17, 15) is 4.79 Å². The summed E-state index contributed by atoms with van der Waals surface area (Å²) in [6.45, 7) is 10.1. The fourth-order valence-electron chi connectivity index (χ4n) is 2.85. The van der Waals surface area contributed by atoms with Crippen molar-refractivity contribution in [1.82, 2.24) is 25.0 Å². The van der Waals surface area contributed by atoms with Crippen molar-refractivity contribution >= 4 is 5.91 Å². The number of aryl methyl sites for hydroxylation is 1. The summed E-state index contributed by atoms with van der Waals surface area (Å²) in [4.78, 5) is 20.9. The molecule has 112 valence electrons. The van der Waals surface area contributed by atoms with E-state index in [2.05, 4.69) is 40.9 Å². The molecule has 1 saturated heterocycles. The molecule has 20 heavy (non-hydrogen) atoms. The number of likely N-dealkylation sites (N-methyl/N-ethyl adjacent to an activating group) is 1. The summed E-state index contributed by atoms with van der Waals surface area (Å²) >= 11 is 0. The van der Waals surface area contributed by atoms with E-state index in [1.807, 2.05) is 4.90 Å². The van der Waals surface area contributed by atoms with E-state index in [0.29, 0.717) is 11.9 Å². The van der Waals surface area contributed by atoms with Crippen LogP contribution >= 0.6 is 0 Å². The van der Waals surface area contributed by atoms with E-state index >= 15 is 0 Å². The standard InChI is InChI=1S/C14H25N5O/c1-4-7-12-15-13(17-16-12)14(20)19-9-8-11(10-19)18(5-2)6-3/h11H,4-10H2,1-3H3,(H,15,16,17). The van der Waals surface area contributed by atoms with Gasteiger partial charge in [-0.3, -0.25) is 14.8 Å². The normalized spacial score (nSPS) is 19.0. The van der Waals surface area contributed by atoms with E-state index in [0.717, 1.165) is 51.3 Å². The summed E-state index contributed by atoms with van der Waals surface area (Å²) < 4.78 is 0. The molecule has 0 aliphatic carbocycles. The van der Waals surface area contributed by atoms with Gasteiger partial charge in [0.05, 0.1) is 0 Å². The summed E-state index contributed by atoms with van der Waals surface area (Å²) in [5, 5.41) is 6.90. The van der Waals surface area contributed by atoms with Crippen molar-refractivity contribution in [2.75, 3.05) is 26.2 Å². The lowest BCUT2D eigenvalue weighted by molar-refractivity contribution is 0.0766. The van der Waals surface area contributed by atoms with E-state index < -0.39 is 0 Å². The largest absolute Gasteiger partial charge is 0.334 e. The minimum absolute atomic E-state index is 0.0433. The molecular weight excluding hydrogens is 254 g/mol. The van der Waals surface area contributed by atoms with Crippen LogP contribution in [0.5, 0.6) is 0 Å².